The smallest absolute Gasteiger partial charge is 0.0628 e. The van der Waals surface area contributed by atoms with Gasteiger partial charge in [-0.15, -0.1) is 0 Å². The second kappa shape index (κ2) is 7.25. The summed E-state index contributed by atoms with van der Waals surface area (Å²) in [5.74, 6) is 0. The van der Waals surface area contributed by atoms with Gasteiger partial charge in [0.05, 0.1) is 5.69 Å². The zero-order chi connectivity index (χ0) is 11.1. The molecule has 84 valence electrons. The van der Waals surface area contributed by atoms with Gasteiger partial charge in [-0.3, -0.25) is 0 Å². The molecule has 0 heterocycles. The minimum Gasteiger partial charge on any atom is -0.396 e. The van der Waals surface area contributed by atoms with Crippen LogP contribution >= 0.6 is 31.9 Å². The van der Waals surface area contributed by atoms with E-state index in [2.05, 4.69) is 37.2 Å². The van der Waals surface area contributed by atoms with Crippen LogP contribution in [0.15, 0.2) is 27.1 Å². The number of aliphatic hydroxyl groups is 1. The molecule has 0 radical (unpaired) electrons. The summed E-state index contributed by atoms with van der Waals surface area (Å²) in [5.41, 5.74) is 1.10. The average Bonchev–Trinajstić information content (AvgIpc) is 2.21. The first-order chi connectivity index (χ1) is 7.25. The van der Waals surface area contributed by atoms with E-state index in [1.165, 1.54) is 0 Å². The highest BCUT2D eigenvalue weighted by atomic mass is 79.9. The van der Waals surface area contributed by atoms with Gasteiger partial charge >= 0.3 is 0 Å². The molecule has 0 spiro atoms. The lowest BCUT2D eigenvalue weighted by molar-refractivity contribution is 0.283. The maximum atomic E-state index is 8.64. The average molecular weight is 337 g/mol. The summed E-state index contributed by atoms with van der Waals surface area (Å²) in [6, 6.07) is 6.02. The summed E-state index contributed by atoms with van der Waals surface area (Å²) in [7, 11) is 0. The molecule has 0 amide bonds. The summed E-state index contributed by atoms with van der Waals surface area (Å²) in [4.78, 5) is 0. The molecule has 0 saturated heterocycles. The first-order valence-electron chi connectivity index (χ1n) is 5.04. The SMILES string of the molecule is OCCCCCNc1c(Br)cccc1Br. The Kier molecular flexibility index (Phi) is 6.29. The molecule has 0 unspecified atom stereocenters. The van der Waals surface area contributed by atoms with Crippen LogP contribution in [0.5, 0.6) is 0 Å². The van der Waals surface area contributed by atoms with Crippen molar-refractivity contribution in [3.63, 3.8) is 0 Å². The van der Waals surface area contributed by atoms with E-state index in [1.807, 2.05) is 18.2 Å². The van der Waals surface area contributed by atoms with Crippen LogP contribution in [0.25, 0.3) is 0 Å². The van der Waals surface area contributed by atoms with Gasteiger partial charge in [0.15, 0.2) is 0 Å². The third-order valence-corrected chi connectivity index (χ3v) is 3.42. The topological polar surface area (TPSA) is 32.3 Å². The number of hydrogen-bond donors (Lipinski definition) is 2. The van der Waals surface area contributed by atoms with E-state index in [1.54, 1.807) is 0 Å². The van der Waals surface area contributed by atoms with E-state index in [9.17, 15) is 0 Å². The van der Waals surface area contributed by atoms with E-state index in [0.29, 0.717) is 6.61 Å². The van der Waals surface area contributed by atoms with Gasteiger partial charge in [-0.05, 0) is 63.3 Å². The van der Waals surface area contributed by atoms with Crippen molar-refractivity contribution in [3.05, 3.63) is 27.1 Å². The predicted molar refractivity (Wildman–Crippen MR) is 71.3 cm³/mol. The molecule has 0 atom stereocenters. The largest absolute Gasteiger partial charge is 0.396 e. The normalized spacial score (nSPS) is 10.3. The number of nitrogens with one attached hydrogen (secondary N) is 1. The molecule has 0 aliphatic heterocycles. The number of hydrogen-bond acceptors (Lipinski definition) is 2. The van der Waals surface area contributed by atoms with Gasteiger partial charge in [0, 0.05) is 22.1 Å². The Morgan fingerprint density at radius 3 is 2.33 bits per heavy atom. The molecular weight excluding hydrogens is 322 g/mol. The Bertz CT molecular complexity index is 284. The van der Waals surface area contributed by atoms with Crippen LogP contribution in [0.4, 0.5) is 5.69 Å². The molecule has 2 nitrogen and oxygen atoms in total. The number of rotatable bonds is 6. The van der Waals surface area contributed by atoms with Crippen molar-refractivity contribution < 1.29 is 5.11 Å². The number of anilines is 1. The number of benzene rings is 1. The van der Waals surface area contributed by atoms with Gasteiger partial charge in [0.2, 0.25) is 0 Å². The van der Waals surface area contributed by atoms with Crippen LogP contribution in [-0.2, 0) is 0 Å². The molecule has 1 aromatic rings. The molecule has 4 heteroatoms. The number of para-hydroxylation sites is 1. The van der Waals surface area contributed by atoms with E-state index < -0.39 is 0 Å². The van der Waals surface area contributed by atoms with Crippen LogP contribution in [0, 0.1) is 0 Å². The maximum absolute atomic E-state index is 8.64. The third kappa shape index (κ3) is 4.53. The van der Waals surface area contributed by atoms with Gasteiger partial charge in [0.25, 0.3) is 0 Å². The quantitative estimate of drug-likeness (QED) is 0.775. The van der Waals surface area contributed by atoms with Crippen LogP contribution in [0.2, 0.25) is 0 Å². The molecule has 0 aliphatic carbocycles. The zero-order valence-electron chi connectivity index (χ0n) is 8.47. The highest BCUT2D eigenvalue weighted by molar-refractivity contribution is 9.11. The number of unbranched alkanes of at least 4 members (excludes halogenated alkanes) is 2. The van der Waals surface area contributed by atoms with Crippen molar-refractivity contribution in [1.29, 1.82) is 0 Å². The molecule has 1 rings (SSSR count). The lowest BCUT2D eigenvalue weighted by Crippen LogP contribution is -2.03. The summed E-state index contributed by atoms with van der Waals surface area (Å²) in [6.45, 7) is 1.22. The lowest BCUT2D eigenvalue weighted by Gasteiger charge is -2.10. The fourth-order valence-corrected chi connectivity index (χ4v) is 2.57. The molecule has 0 bridgehead atoms. The third-order valence-electron chi connectivity index (χ3n) is 2.10. The van der Waals surface area contributed by atoms with Crippen molar-refractivity contribution in [3.8, 4) is 0 Å². The van der Waals surface area contributed by atoms with Crippen molar-refractivity contribution in [2.24, 2.45) is 0 Å². The second-order valence-electron chi connectivity index (χ2n) is 3.31. The van der Waals surface area contributed by atoms with E-state index in [4.69, 9.17) is 5.11 Å². The molecule has 0 aliphatic rings. The predicted octanol–water partition coefficient (Wildman–Crippen LogP) is 3.79. The first-order valence-corrected chi connectivity index (χ1v) is 6.63. The van der Waals surface area contributed by atoms with Gasteiger partial charge < -0.3 is 10.4 Å². The van der Waals surface area contributed by atoms with Gasteiger partial charge in [-0.1, -0.05) is 6.07 Å². The highest BCUT2D eigenvalue weighted by Crippen LogP contribution is 2.30. The molecule has 1 aromatic carbocycles. The monoisotopic (exact) mass is 335 g/mol. The highest BCUT2D eigenvalue weighted by Gasteiger charge is 2.02. The van der Waals surface area contributed by atoms with Crippen LogP contribution in [0.1, 0.15) is 19.3 Å². The van der Waals surface area contributed by atoms with Crippen LogP contribution < -0.4 is 5.32 Å². The summed E-state index contributed by atoms with van der Waals surface area (Å²) in [6.07, 6.45) is 3.03. The fourth-order valence-electron chi connectivity index (χ4n) is 1.29. The fraction of sp³-hybridized carbons (Fsp3) is 0.455. The van der Waals surface area contributed by atoms with Crippen LogP contribution in [0.3, 0.4) is 0 Å². The minimum atomic E-state index is 0.290. The molecular formula is C11H15Br2NO. The van der Waals surface area contributed by atoms with Crippen molar-refractivity contribution >= 4 is 37.5 Å². The zero-order valence-corrected chi connectivity index (χ0v) is 11.6. The van der Waals surface area contributed by atoms with E-state index in [-0.39, 0.29) is 0 Å². The number of aliphatic hydroxyl groups excluding tert-OH is 1. The standard InChI is InChI=1S/C11H15Br2NO/c12-9-5-4-6-10(13)11(9)14-7-2-1-3-8-15/h4-6,14-15H,1-3,7-8H2. The second-order valence-corrected chi connectivity index (χ2v) is 5.02. The lowest BCUT2D eigenvalue weighted by atomic mass is 10.2. The minimum absolute atomic E-state index is 0.290. The van der Waals surface area contributed by atoms with Gasteiger partial charge in [0.1, 0.15) is 0 Å². The van der Waals surface area contributed by atoms with E-state index in [0.717, 1.165) is 40.4 Å². The Labute approximate surface area is 107 Å². The van der Waals surface area contributed by atoms with E-state index >= 15 is 0 Å². The first kappa shape index (κ1) is 13.0. The van der Waals surface area contributed by atoms with Gasteiger partial charge in [-0.25, -0.2) is 0 Å². The van der Waals surface area contributed by atoms with Crippen LogP contribution in [-0.4, -0.2) is 18.3 Å². The Balaban J connectivity index is 2.37. The summed E-state index contributed by atoms with van der Waals surface area (Å²) >= 11 is 6.99. The number of halogens is 2. The van der Waals surface area contributed by atoms with Gasteiger partial charge in [-0.2, -0.15) is 0 Å². The van der Waals surface area contributed by atoms with Crippen molar-refractivity contribution in [2.75, 3.05) is 18.5 Å². The summed E-state index contributed by atoms with van der Waals surface area (Å²) < 4.78 is 2.14. The Hall–Kier alpha value is -0.0600. The maximum Gasteiger partial charge on any atom is 0.0628 e. The van der Waals surface area contributed by atoms with Crippen molar-refractivity contribution in [1.82, 2.24) is 0 Å². The molecule has 2 N–H and O–H groups in total. The Morgan fingerprint density at radius 1 is 1.07 bits per heavy atom. The molecule has 0 saturated carbocycles. The molecule has 0 fully saturated rings. The molecule has 15 heavy (non-hydrogen) atoms. The molecule has 0 aromatic heterocycles. The Morgan fingerprint density at radius 2 is 1.73 bits per heavy atom. The van der Waals surface area contributed by atoms with Crippen molar-refractivity contribution in [2.45, 2.75) is 19.3 Å². The summed E-state index contributed by atoms with van der Waals surface area (Å²) in [5, 5.41) is 12.0.